The summed E-state index contributed by atoms with van der Waals surface area (Å²) in [6.45, 7) is 0. The highest BCUT2D eigenvalue weighted by Crippen LogP contribution is 2.41. The fourth-order valence-electron chi connectivity index (χ4n) is 7.52. The van der Waals surface area contributed by atoms with Crippen molar-refractivity contribution < 1.29 is 4.42 Å². The molecule has 7 heteroatoms. The van der Waals surface area contributed by atoms with E-state index >= 15 is 0 Å². The predicted molar refractivity (Wildman–Crippen MR) is 216 cm³/mol. The Morgan fingerprint density at radius 2 is 1.06 bits per heavy atom. The predicted octanol–water partition coefficient (Wildman–Crippen LogP) is 12.1. The molecule has 6 nitrogen and oxygen atoms in total. The third kappa shape index (κ3) is 4.79. The summed E-state index contributed by atoms with van der Waals surface area (Å²) in [6.07, 6.45) is 0. The Bertz CT molecular complexity index is 3140. The molecule has 0 radical (unpaired) electrons. The van der Waals surface area contributed by atoms with Gasteiger partial charge < -0.3 is 8.98 Å². The van der Waals surface area contributed by atoms with E-state index in [1.165, 1.54) is 25.6 Å². The number of hydrogen-bond donors (Lipinski definition) is 0. The number of hydrogen-bond acceptors (Lipinski definition) is 6. The largest absolute Gasteiger partial charge is 0.435 e. The Labute approximate surface area is 307 Å². The molecule has 0 saturated carbocycles. The molecule has 0 aliphatic carbocycles. The van der Waals surface area contributed by atoms with E-state index in [-0.39, 0.29) is 0 Å². The maximum absolute atomic E-state index is 6.48. The highest BCUT2D eigenvalue weighted by Gasteiger charge is 2.21. The third-order valence-electron chi connectivity index (χ3n) is 9.90. The highest BCUT2D eigenvalue weighted by molar-refractivity contribution is 7.25. The van der Waals surface area contributed by atoms with E-state index in [0.29, 0.717) is 28.9 Å². The van der Waals surface area contributed by atoms with Gasteiger partial charge in [-0.3, -0.25) is 0 Å². The molecular weight excluding hydrogens is 671 g/mol. The summed E-state index contributed by atoms with van der Waals surface area (Å²) in [4.78, 5) is 20.5. The molecule has 53 heavy (non-hydrogen) atoms. The van der Waals surface area contributed by atoms with Crippen LogP contribution in [0.15, 0.2) is 168 Å². The summed E-state index contributed by atoms with van der Waals surface area (Å²) >= 11 is 1.78. The lowest BCUT2D eigenvalue weighted by molar-refractivity contribution is 0.620. The Balaban J connectivity index is 1.16. The lowest BCUT2D eigenvalue weighted by Crippen LogP contribution is -2.01. The van der Waals surface area contributed by atoms with E-state index in [9.17, 15) is 0 Å². The van der Waals surface area contributed by atoms with Crippen molar-refractivity contribution in [3.63, 3.8) is 0 Å². The van der Waals surface area contributed by atoms with E-state index in [4.69, 9.17) is 24.4 Å². The van der Waals surface area contributed by atoms with Crippen molar-refractivity contribution in [1.82, 2.24) is 24.5 Å². The van der Waals surface area contributed by atoms with Gasteiger partial charge in [0.05, 0.1) is 16.6 Å². The minimum absolute atomic E-state index is 0.519. The number of nitrogens with zero attached hydrogens (tertiary/aromatic N) is 5. The molecule has 0 atom stereocenters. The van der Waals surface area contributed by atoms with Gasteiger partial charge in [-0.05, 0) is 60.7 Å². The summed E-state index contributed by atoms with van der Waals surface area (Å²) < 4.78 is 11.2. The van der Waals surface area contributed by atoms with Gasteiger partial charge >= 0.3 is 0 Å². The van der Waals surface area contributed by atoms with Crippen molar-refractivity contribution in [3.8, 4) is 51.3 Å². The summed E-state index contributed by atoms with van der Waals surface area (Å²) in [6, 6.07) is 56.3. The van der Waals surface area contributed by atoms with Crippen LogP contribution in [0.25, 0.3) is 104 Å². The molecule has 0 amide bonds. The molecule has 11 aromatic rings. The monoisotopic (exact) mass is 697 g/mol. The Kier molecular flexibility index (Phi) is 6.62. The summed E-state index contributed by atoms with van der Waals surface area (Å²) in [5.41, 5.74) is 8.18. The van der Waals surface area contributed by atoms with Crippen LogP contribution in [-0.4, -0.2) is 24.5 Å². The second-order valence-electron chi connectivity index (χ2n) is 13.0. The van der Waals surface area contributed by atoms with Gasteiger partial charge in [0.25, 0.3) is 0 Å². The molecule has 0 fully saturated rings. The molecule has 0 aliphatic rings. The molecule has 248 valence electrons. The van der Waals surface area contributed by atoms with Crippen LogP contribution in [0.2, 0.25) is 0 Å². The van der Waals surface area contributed by atoms with Crippen molar-refractivity contribution in [2.45, 2.75) is 0 Å². The first-order valence-corrected chi connectivity index (χ1v) is 18.3. The number of para-hydroxylation sites is 3. The van der Waals surface area contributed by atoms with Crippen molar-refractivity contribution in [1.29, 1.82) is 0 Å². The molecule has 4 heterocycles. The van der Waals surface area contributed by atoms with Gasteiger partial charge in [0.15, 0.2) is 23.1 Å². The highest BCUT2D eigenvalue weighted by atomic mass is 32.1. The lowest BCUT2D eigenvalue weighted by atomic mass is 10.1. The Hall–Kier alpha value is -6.96. The van der Waals surface area contributed by atoms with Gasteiger partial charge in [-0.25, -0.2) is 19.9 Å². The van der Waals surface area contributed by atoms with Gasteiger partial charge in [0, 0.05) is 53.3 Å². The second kappa shape index (κ2) is 11.8. The van der Waals surface area contributed by atoms with Crippen LogP contribution in [0.3, 0.4) is 0 Å². The zero-order valence-corrected chi connectivity index (χ0v) is 29.0. The van der Waals surface area contributed by atoms with Gasteiger partial charge in [0.2, 0.25) is 5.89 Å². The molecule has 0 N–H and O–H groups in total. The first kappa shape index (κ1) is 29.7. The Morgan fingerprint density at radius 1 is 0.453 bits per heavy atom. The number of benzene rings is 7. The zero-order valence-electron chi connectivity index (χ0n) is 28.1. The van der Waals surface area contributed by atoms with Crippen molar-refractivity contribution in [2.24, 2.45) is 0 Å². The number of fused-ring (bicyclic) bond motifs is 7. The molecule has 0 bridgehead atoms. The van der Waals surface area contributed by atoms with Crippen molar-refractivity contribution in [2.75, 3.05) is 0 Å². The standard InChI is InChI=1S/C46H27N5OS/c1-2-13-28(14-3-1)46-47-36-22-11-21-35(42(36)52-46)45-49-43(48-44(50-45)34-20-12-26-40-41(34)33-19-6-9-25-39(33)53-40)29-15-10-16-30(27-29)51-37-23-7-4-17-31(37)32-18-5-8-24-38(32)51/h1-27H. The molecule has 0 unspecified atom stereocenters. The molecule has 0 aliphatic heterocycles. The number of oxazole rings is 1. The fraction of sp³-hybridized carbons (Fsp3) is 0. The van der Waals surface area contributed by atoms with Crippen LogP contribution < -0.4 is 0 Å². The van der Waals surface area contributed by atoms with Gasteiger partial charge in [0.1, 0.15) is 5.52 Å². The van der Waals surface area contributed by atoms with E-state index in [0.717, 1.165) is 49.9 Å². The average molecular weight is 698 g/mol. The maximum atomic E-state index is 6.48. The maximum Gasteiger partial charge on any atom is 0.227 e. The first-order valence-electron chi connectivity index (χ1n) is 17.5. The van der Waals surface area contributed by atoms with Crippen LogP contribution in [-0.2, 0) is 0 Å². The normalized spacial score (nSPS) is 11.8. The minimum atomic E-state index is 0.519. The van der Waals surface area contributed by atoms with Crippen LogP contribution in [0.5, 0.6) is 0 Å². The Morgan fingerprint density at radius 3 is 1.87 bits per heavy atom. The van der Waals surface area contributed by atoms with E-state index in [1.54, 1.807) is 11.3 Å². The van der Waals surface area contributed by atoms with E-state index in [2.05, 4.69) is 120 Å². The quantitative estimate of drug-likeness (QED) is 0.179. The molecule has 7 aromatic carbocycles. The van der Waals surface area contributed by atoms with Gasteiger partial charge in [-0.2, -0.15) is 0 Å². The third-order valence-corrected chi connectivity index (χ3v) is 11.0. The summed E-state index contributed by atoms with van der Waals surface area (Å²) in [7, 11) is 0. The topological polar surface area (TPSA) is 69.6 Å². The van der Waals surface area contributed by atoms with Gasteiger partial charge in [-0.1, -0.05) is 103 Å². The van der Waals surface area contributed by atoms with Crippen molar-refractivity contribution >= 4 is 64.4 Å². The number of thiophene rings is 1. The smallest absolute Gasteiger partial charge is 0.227 e. The van der Waals surface area contributed by atoms with Crippen LogP contribution in [0.1, 0.15) is 0 Å². The van der Waals surface area contributed by atoms with E-state index < -0.39 is 0 Å². The SMILES string of the molecule is c1ccc(-c2nc3cccc(-c4nc(-c5cccc(-n6c7ccccc7c7ccccc76)c5)nc(-c5cccc6sc7ccccc7c56)n4)c3o2)cc1. The van der Waals surface area contributed by atoms with Crippen LogP contribution in [0, 0.1) is 0 Å². The fourth-order valence-corrected chi connectivity index (χ4v) is 8.65. The molecular formula is C46H27N5OS. The number of rotatable bonds is 5. The first-order chi connectivity index (χ1) is 26.3. The number of aromatic nitrogens is 5. The van der Waals surface area contributed by atoms with Gasteiger partial charge in [-0.15, -0.1) is 11.3 Å². The second-order valence-corrected chi connectivity index (χ2v) is 14.1. The molecule has 0 spiro atoms. The van der Waals surface area contributed by atoms with Crippen LogP contribution in [0.4, 0.5) is 0 Å². The summed E-state index contributed by atoms with van der Waals surface area (Å²) in [5, 5.41) is 4.75. The molecule has 4 aromatic heterocycles. The zero-order chi connectivity index (χ0) is 34.9. The summed E-state index contributed by atoms with van der Waals surface area (Å²) in [5.74, 6) is 2.24. The lowest BCUT2D eigenvalue weighted by Gasteiger charge is -2.12. The van der Waals surface area contributed by atoms with Crippen molar-refractivity contribution in [3.05, 3.63) is 164 Å². The molecule has 11 rings (SSSR count). The van der Waals surface area contributed by atoms with E-state index in [1.807, 2.05) is 48.5 Å². The average Bonchev–Trinajstić information content (AvgIpc) is 3.93. The minimum Gasteiger partial charge on any atom is -0.435 e. The molecule has 0 saturated heterocycles. The van der Waals surface area contributed by atoms with Crippen LogP contribution >= 0.6 is 11.3 Å².